The monoisotopic (exact) mass is 417 g/mol. The molecule has 0 saturated heterocycles. The number of hydrogen-bond acceptors (Lipinski definition) is 5. The number of aryl methyl sites for hydroxylation is 1. The first-order chi connectivity index (χ1) is 15.8. The summed E-state index contributed by atoms with van der Waals surface area (Å²) in [6.07, 6.45) is 8.06. The van der Waals surface area contributed by atoms with Gasteiger partial charge >= 0.3 is 0 Å². The Morgan fingerprint density at radius 2 is 1.78 bits per heavy atom. The quantitative estimate of drug-likeness (QED) is 0.452. The smallest absolute Gasteiger partial charge is 0.205 e. The molecule has 0 aliphatic heterocycles. The Bertz CT molecular complexity index is 1490. The molecule has 0 amide bonds. The van der Waals surface area contributed by atoms with E-state index in [1.54, 1.807) is 0 Å². The van der Waals surface area contributed by atoms with Crippen LogP contribution in [0.3, 0.4) is 0 Å². The van der Waals surface area contributed by atoms with E-state index in [9.17, 15) is 0 Å². The molecule has 7 nitrogen and oxygen atoms in total. The molecule has 1 aliphatic carbocycles. The lowest BCUT2D eigenvalue weighted by Gasteiger charge is -2.13. The van der Waals surface area contributed by atoms with Gasteiger partial charge in [0.05, 0.1) is 6.54 Å². The first-order valence-corrected chi connectivity index (χ1v) is 10.4. The van der Waals surface area contributed by atoms with E-state index in [0.717, 1.165) is 44.8 Å². The average Bonchev–Trinajstić information content (AvgIpc) is 3.44. The third kappa shape index (κ3) is 3.02. The number of aromatic nitrogens is 7. The molecule has 3 aromatic heterocycles. The van der Waals surface area contributed by atoms with Crippen molar-refractivity contribution in [3.05, 3.63) is 96.0 Å². The van der Waals surface area contributed by atoms with Gasteiger partial charge in [-0.2, -0.15) is 5.21 Å². The van der Waals surface area contributed by atoms with Crippen LogP contribution >= 0.6 is 0 Å². The lowest BCUT2D eigenvalue weighted by molar-refractivity contribution is 0.800. The molecule has 0 unspecified atom stereocenters. The third-order valence-electron chi connectivity index (χ3n) is 5.76. The Kier molecular flexibility index (Phi) is 4.24. The highest BCUT2D eigenvalue weighted by Crippen LogP contribution is 2.31. The number of H-pyrrole nitrogens is 1. The van der Waals surface area contributed by atoms with Crippen molar-refractivity contribution in [2.75, 3.05) is 0 Å². The number of hydrogen-bond donors (Lipinski definition) is 1. The number of benzene rings is 2. The molecule has 0 fully saturated rings. The van der Waals surface area contributed by atoms with Crippen LogP contribution in [0.1, 0.15) is 17.0 Å². The Hall–Kier alpha value is -4.39. The minimum absolute atomic E-state index is 0.586. The molecule has 1 aliphatic rings. The number of nitrogens with zero attached hydrogens (tertiary/aromatic N) is 6. The van der Waals surface area contributed by atoms with Crippen LogP contribution < -0.4 is 0 Å². The van der Waals surface area contributed by atoms with Crippen molar-refractivity contribution in [3.8, 4) is 22.5 Å². The lowest BCUT2D eigenvalue weighted by Crippen LogP contribution is -2.06. The Balaban J connectivity index is 1.37. The fraction of sp³-hybridized carbons (Fsp3) is 0.0800. The second kappa shape index (κ2) is 7.39. The normalized spacial score (nSPS) is 12.7. The highest BCUT2D eigenvalue weighted by Gasteiger charge is 2.18. The van der Waals surface area contributed by atoms with Gasteiger partial charge in [-0.1, -0.05) is 66.8 Å². The van der Waals surface area contributed by atoms with E-state index in [-0.39, 0.29) is 0 Å². The molecule has 0 atom stereocenters. The van der Waals surface area contributed by atoms with Crippen LogP contribution in [0.4, 0.5) is 0 Å². The number of tetrazole rings is 1. The van der Waals surface area contributed by atoms with E-state index in [0.29, 0.717) is 12.4 Å². The Morgan fingerprint density at radius 1 is 0.969 bits per heavy atom. The summed E-state index contributed by atoms with van der Waals surface area (Å²) in [7, 11) is 0. The third-order valence-corrected chi connectivity index (χ3v) is 5.76. The van der Waals surface area contributed by atoms with Crippen LogP contribution in [0.5, 0.6) is 0 Å². The maximum atomic E-state index is 4.89. The van der Waals surface area contributed by atoms with Gasteiger partial charge in [0.2, 0.25) is 5.82 Å². The van der Waals surface area contributed by atoms with E-state index >= 15 is 0 Å². The number of nitrogens with one attached hydrogen (secondary N) is 1. The van der Waals surface area contributed by atoms with Gasteiger partial charge in [-0.05, 0) is 40.5 Å². The zero-order chi connectivity index (χ0) is 21.5. The lowest BCUT2D eigenvalue weighted by atomic mass is 9.98. The molecule has 0 spiro atoms. The van der Waals surface area contributed by atoms with Crippen LogP contribution in [-0.2, 0) is 6.54 Å². The van der Waals surface area contributed by atoms with Crippen LogP contribution in [0, 0.1) is 6.92 Å². The standard InChI is InChI=1S/C25H19N7/c1-16-13-14-26-25-22(16)27-24(19-5-4-6-19)32(25)15-17-9-11-18(12-10-17)20-7-2-3-8-21(20)23-28-30-31-29-23/h2-14H,15H2,1H3,(H,28,29,30,31). The first kappa shape index (κ1) is 18.4. The zero-order valence-corrected chi connectivity index (χ0v) is 17.4. The summed E-state index contributed by atoms with van der Waals surface area (Å²) in [4.78, 5) is 9.52. The zero-order valence-electron chi connectivity index (χ0n) is 17.4. The first-order valence-electron chi connectivity index (χ1n) is 10.4. The van der Waals surface area contributed by atoms with Gasteiger partial charge in [0.25, 0.3) is 0 Å². The molecule has 154 valence electrons. The minimum atomic E-state index is 0.586. The van der Waals surface area contributed by atoms with Gasteiger partial charge in [0, 0.05) is 17.3 Å². The molecule has 0 bridgehead atoms. The number of allylic oxidation sites excluding steroid dienone is 4. The molecule has 3 heterocycles. The second-order valence-corrected chi connectivity index (χ2v) is 7.78. The summed E-state index contributed by atoms with van der Waals surface area (Å²) < 4.78 is 2.19. The van der Waals surface area contributed by atoms with Crippen molar-refractivity contribution in [1.29, 1.82) is 0 Å². The molecule has 2 aromatic carbocycles. The molecular weight excluding hydrogens is 398 g/mol. The maximum Gasteiger partial charge on any atom is 0.205 e. The van der Waals surface area contributed by atoms with E-state index < -0.39 is 0 Å². The Morgan fingerprint density at radius 3 is 2.50 bits per heavy atom. The highest BCUT2D eigenvalue weighted by atomic mass is 15.5. The van der Waals surface area contributed by atoms with E-state index in [2.05, 4.69) is 79.6 Å². The van der Waals surface area contributed by atoms with Gasteiger partial charge in [-0.3, -0.25) is 0 Å². The van der Waals surface area contributed by atoms with Crippen LogP contribution in [0.25, 0.3) is 39.3 Å². The van der Waals surface area contributed by atoms with Crippen molar-refractivity contribution in [2.24, 2.45) is 0 Å². The molecule has 0 radical (unpaired) electrons. The number of pyridine rings is 1. The Labute approximate surface area is 184 Å². The summed E-state index contributed by atoms with van der Waals surface area (Å²) in [5.74, 6) is 1.54. The van der Waals surface area contributed by atoms with Gasteiger partial charge in [-0.15, -0.1) is 10.2 Å². The SMILES string of the molecule is Cc1ccnc2c1nc(C1=CC=C1)n2Cc1ccc(-c2ccccc2-c2nn[nH]n2)cc1. The summed E-state index contributed by atoms with van der Waals surface area (Å²) in [6.45, 7) is 2.77. The van der Waals surface area contributed by atoms with Crippen LogP contribution in [0.15, 0.2) is 79.0 Å². The summed E-state index contributed by atoms with van der Waals surface area (Å²) in [5, 5.41) is 14.5. The highest BCUT2D eigenvalue weighted by molar-refractivity contribution is 5.85. The number of aromatic amines is 1. The van der Waals surface area contributed by atoms with Gasteiger partial charge < -0.3 is 4.57 Å². The van der Waals surface area contributed by atoms with Crippen molar-refractivity contribution in [2.45, 2.75) is 13.5 Å². The fourth-order valence-electron chi connectivity index (χ4n) is 4.03. The molecular formula is C25H19N7. The summed E-state index contributed by atoms with van der Waals surface area (Å²) >= 11 is 0. The number of fused-ring (bicyclic) bond motifs is 1. The number of rotatable bonds is 5. The van der Waals surface area contributed by atoms with Crippen LogP contribution in [-0.4, -0.2) is 35.2 Å². The second-order valence-electron chi connectivity index (χ2n) is 7.78. The topological polar surface area (TPSA) is 85.2 Å². The van der Waals surface area contributed by atoms with Gasteiger partial charge in [0.1, 0.15) is 11.3 Å². The van der Waals surface area contributed by atoms with Gasteiger partial charge in [0.15, 0.2) is 5.65 Å². The molecule has 7 heteroatoms. The average molecular weight is 417 g/mol. The van der Waals surface area contributed by atoms with Crippen molar-refractivity contribution >= 4 is 16.7 Å². The molecule has 1 N–H and O–H groups in total. The molecule has 5 aromatic rings. The predicted octanol–water partition coefficient (Wildman–Crippen LogP) is 4.59. The van der Waals surface area contributed by atoms with E-state index in [1.165, 1.54) is 5.56 Å². The van der Waals surface area contributed by atoms with Gasteiger partial charge in [-0.25, -0.2) is 9.97 Å². The summed E-state index contributed by atoms with van der Waals surface area (Å²) in [5.41, 5.74) is 8.42. The van der Waals surface area contributed by atoms with E-state index in [4.69, 9.17) is 4.98 Å². The number of imidazole rings is 1. The molecule has 32 heavy (non-hydrogen) atoms. The van der Waals surface area contributed by atoms with Crippen molar-refractivity contribution in [3.63, 3.8) is 0 Å². The van der Waals surface area contributed by atoms with Crippen LogP contribution in [0.2, 0.25) is 0 Å². The fourth-order valence-corrected chi connectivity index (χ4v) is 4.03. The van der Waals surface area contributed by atoms with Crippen molar-refractivity contribution in [1.82, 2.24) is 35.2 Å². The predicted molar refractivity (Wildman–Crippen MR) is 124 cm³/mol. The minimum Gasteiger partial charge on any atom is -0.304 e. The maximum absolute atomic E-state index is 4.89. The summed E-state index contributed by atoms with van der Waals surface area (Å²) in [6, 6.07) is 18.7. The molecule has 6 rings (SSSR count). The van der Waals surface area contributed by atoms with Crippen molar-refractivity contribution < 1.29 is 0 Å². The van der Waals surface area contributed by atoms with E-state index in [1.807, 2.05) is 36.5 Å². The largest absolute Gasteiger partial charge is 0.304 e. The molecule has 0 saturated carbocycles.